The van der Waals surface area contributed by atoms with Gasteiger partial charge in [0, 0.05) is 23.1 Å². The van der Waals surface area contributed by atoms with E-state index in [1.807, 2.05) is 0 Å². The van der Waals surface area contributed by atoms with Gasteiger partial charge in [-0.05, 0) is 67.4 Å². The van der Waals surface area contributed by atoms with Gasteiger partial charge in [0.15, 0.2) is 0 Å². The summed E-state index contributed by atoms with van der Waals surface area (Å²) in [4.78, 5) is 27.9. The molecule has 3 aromatic rings. The van der Waals surface area contributed by atoms with E-state index in [2.05, 4.69) is 5.32 Å². The Morgan fingerprint density at radius 3 is 2.21 bits per heavy atom. The average Bonchev–Trinajstić information content (AvgIpc) is 2.89. The van der Waals surface area contributed by atoms with Crippen molar-refractivity contribution < 1.29 is 22.4 Å². The monoisotopic (exact) mass is 579 g/mol. The summed E-state index contributed by atoms with van der Waals surface area (Å²) < 4.78 is 41.8. The van der Waals surface area contributed by atoms with Gasteiger partial charge < -0.3 is 10.2 Å². The summed E-state index contributed by atoms with van der Waals surface area (Å²) in [5, 5.41) is 3.45. The second kappa shape index (κ2) is 13.1. The van der Waals surface area contributed by atoms with Gasteiger partial charge in [-0.25, -0.2) is 12.8 Å². The molecule has 3 aromatic carbocycles. The quantitative estimate of drug-likeness (QED) is 0.335. The number of carbonyl (C=O) groups is 2. The van der Waals surface area contributed by atoms with Crippen molar-refractivity contribution in [3.8, 4) is 0 Å². The number of amides is 2. The van der Waals surface area contributed by atoms with Crippen LogP contribution < -0.4 is 9.62 Å². The highest BCUT2D eigenvalue weighted by Crippen LogP contribution is 2.27. The van der Waals surface area contributed by atoms with Crippen molar-refractivity contribution in [3.63, 3.8) is 0 Å². The highest BCUT2D eigenvalue weighted by molar-refractivity contribution is 7.92. The number of halogens is 3. The maximum atomic E-state index is 13.9. The molecule has 0 radical (unpaired) electrons. The summed E-state index contributed by atoms with van der Waals surface area (Å²) >= 11 is 12.4. The maximum absolute atomic E-state index is 13.9. The number of nitrogens with one attached hydrogen (secondary N) is 1. The van der Waals surface area contributed by atoms with Gasteiger partial charge in [0.1, 0.15) is 18.4 Å². The highest BCUT2D eigenvalue weighted by Gasteiger charge is 2.33. The van der Waals surface area contributed by atoms with Crippen molar-refractivity contribution in [2.45, 2.75) is 37.8 Å². The van der Waals surface area contributed by atoms with Crippen LogP contribution in [0.3, 0.4) is 0 Å². The van der Waals surface area contributed by atoms with Crippen LogP contribution in [-0.4, -0.2) is 44.3 Å². The molecule has 0 fully saturated rings. The molecule has 0 saturated heterocycles. The lowest BCUT2D eigenvalue weighted by Gasteiger charge is -2.33. The zero-order chi connectivity index (χ0) is 27.9. The second-order valence-electron chi connectivity index (χ2n) is 8.38. The predicted molar refractivity (Wildman–Crippen MR) is 147 cm³/mol. The van der Waals surface area contributed by atoms with Crippen LogP contribution in [0.4, 0.5) is 10.1 Å². The van der Waals surface area contributed by atoms with E-state index in [1.54, 1.807) is 56.3 Å². The van der Waals surface area contributed by atoms with Crippen molar-refractivity contribution in [1.82, 2.24) is 10.2 Å². The third-order valence-corrected chi connectivity index (χ3v) is 8.19. The van der Waals surface area contributed by atoms with Gasteiger partial charge in [0.05, 0.1) is 10.6 Å². The predicted octanol–water partition coefficient (Wildman–Crippen LogP) is 5.27. The van der Waals surface area contributed by atoms with Crippen LogP contribution in [0.2, 0.25) is 10.0 Å². The minimum atomic E-state index is -4.27. The van der Waals surface area contributed by atoms with Gasteiger partial charge in [0.2, 0.25) is 11.8 Å². The Kier molecular flexibility index (Phi) is 10.1. The molecule has 0 heterocycles. The van der Waals surface area contributed by atoms with Crippen molar-refractivity contribution in [1.29, 1.82) is 0 Å². The van der Waals surface area contributed by atoms with E-state index in [-0.39, 0.29) is 29.5 Å². The van der Waals surface area contributed by atoms with E-state index >= 15 is 0 Å². The van der Waals surface area contributed by atoms with Crippen molar-refractivity contribution in [2.24, 2.45) is 0 Å². The van der Waals surface area contributed by atoms with E-state index < -0.39 is 34.3 Å². The molecule has 0 aromatic heterocycles. The molecule has 3 rings (SSSR count). The Hall–Kier alpha value is -3.14. The van der Waals surface area contributed by atoms with E-state index in [9.17, 15) is 22.4 Å². The Morgan fingerprint density at radius 1 is 0.974 bits per heavy atom. The standard InChI is InChI=1S/C27H28Cl2FN3O4S/c1-3-25(27(35)31-4-2)32(17-19-10-11-20(28)16-24(19)29)26(34)18-33(22-8-6-5-7-9-22)38(36,37)23-14-12-21(30)13-15-23/h5-16,25H,3-4,17-18H2,1-2H3,(H,31,35). The van der Waals surface area contributed by atoms with E-state index in [0.717, 1.165) is 28.6 Å². The van der Waals surface area contributed by atoms with Crippen molar-refractivity contribution >= 4 is 50.7 Å². The summed E-state index contributed by atoms with van der Waals surface area (Å²) in [6, 6.07) is 16.4. The first-order valence-corrected chi connectivity index (χ1v) is 14.1. The minimum Gasteiger partial charge on any atom is -0.355 e. The number of hydrogen-bond donors (Lipinski definition) is 1. The zero-order valence-electron chi connectivity index (χ0n) is 20.9. The largest absolute Gasteiger partial charge is 0.355 e. The molecule has 38 heavy (non-hydrogen) atoms. The molecule has 7 nitrogen and oxygen atoms in total. The summed E-state index contributed by atoms with van der Waals surface area (Å²) in [6.45, 7) is 3.22. The van der Waals surface area contributed by atoms with Gasteiger partial charge >= 0.3 is 0 Å². The van der Waals surface area contributed by atoms with Crippen LogP contribution in [0.5, 0.6) is 0 Å². The van der Waals surface area contributed by atoms with Crippen LogP contribution in [-0.2, 0) is 26.2 Å². The molecular formula is C27H28Cl2FN3O4S. The number of nitrogens with zero attached hydrogens (tertiary/aromatic N) is 2. The van der Waals surface area contributed by atoms with E-state index in [0.29, 0.717) is 22.2 Å². The molecule has 0 aliphatic heterocycles. The fourth-order valence-electron chi connectivity index (χ4n) is 3.90. The molecule has 0 saturated carbocycles. The molecular weight excluding hydrogens is 552 g/mol. The average molecular weight is 581 g/mol. The fraction of sp³-hybridized carbons (Fsp3) is 0.259. The Labute approximate surface area is 232 Å². The Bertz CT molecular complexity index is 1370. The third kappa shape index (κ3) is 7.03. The molecule has 1 atom stereocenters. The first kappa shape index (κ1) is 29.4. The van der Waals surface area contributed by atoms with Gasteiger partial charge in [-0.2, -0.15) is 0 Å². The molecule has 0 aliphatic rings. The number of rotatable bonds is 11. The summed E-state index contributed by atoms with van der Waals surface area (Å²) in [7, 11) is -4.27. The number of benzene rings is 3. The number of para-hydroxylation sites is 1. The second-order valence-corrected chi connectivity index (χ2v) is 11.1. The van der Waals surface area contributed by atoms with Gasteiger partial charge in [-0.3, -0.25) is 13.9 Å². The summed E-state index contributed by atoms with van der Waals surface area (Å²) in [5.74, 6) is -1.59. The smallest absolute Gasteiger partial charge is 0.264 e. The lowest BCUT2D eigenvalue weighted by molar-refractivity contribution is -0.140. The highest BCUT2D eigenvalue weighted by atomic mass is 35.5. The van der Waals surface area contributed by atoms with E-state index in [4.69, 9.17) is 23.2 Å². The summed E-state index contributed by atoms with van der Waals surface area (Å²) in [5.41, 5.74) is 0.778. The third-order valence-electron chi connectivity index (χ3n) is 5.82. The number of carbonyl (C=O) groups excluding carboxylic acids is 2. The normalized spacial score (nSPS) is 12.0. The lowest BCUT2D eigenvalue weighted by atomic mass is 10.1. The number of anilines is 1. The molecule has 0 spiro atoms. The molecule has 1 unspecified atom stereocenters. The molecule has 1 N–H and O–H groups in total. The van der Waals surface area contributed by atoms with Gasteiger partial charge in [-0.15, -0.1) is 0 Å². The molecule has 2 amide bonds. The Balaban J connectivity index is 2.05. The van der Waals surface area contributed by atoms with Crippen LogP contribution in [0, 0.1) is 5.82 Å². The van der Waals surface area contributed by atoms with Gasteiger partial charge in [-0.1, -0.05) is 54.4 Å². The zero-order valence-corrected chi connectivity index (χ0v) is 23.2. The first-order chi connectivity index (χ1) is 18.1. The first-order valence-electron chi connectivity index (χ1n) is 11.9. The minimum absolute atomic E-state index is 0.0519. The van der Waals surface area contributed by atoms with Crippen molar-refractivity contribution in [2.75, 3.05) is 17.4 Å². The lowest BCUT2D eigenvalue weighted by Crippen LogP contribution is -2.52. The van der Waals surface area contributed by atoms with E-state index in [1.165, 1.54) is 11.0 Å². The number of likely N-dealkylation sites (N-methyl/N-ethyl adjacent to an activating group) is 1. The van der Waals surface area contributed by atoms with Gasteiger partial charge in [0.25, 0.3) is 10.0 Å². The molecule has 0 bridgehead atoms. The van der Waals surface area contributed by atoms with Crippen molar-refractivity contribution in [3.05, 3.63) is 94.2 Å². The van der Waals surface area contributed by atoms with Crippen LogP contribution >= 0.6 is 23.2 Å². The molecule has 11 heteroatoms. The molecule has 202 valence electrons. The molecule has 0 aliphatic carbocycles. The van der Waals surface area contributed by atoms with Crippen LogP contribution in [0.25, 0.3) is 0 Å². The fourth-order valence-corrected chi connectivity index (χ4v) is 5.78. The topological polar surface area (TPSA) is 86.8 Å². The number of hydrogen-bond acceptors (Lipinski definition) is 4. The Morgan fingerprint density at radius 2 is 1.63 bits per heavy atom. The summed E-state index contributed by atoms with van der Waals surface area (Å²) in [6.07, 6.45) is 0.277. The maximum Gasteiger partial charge on any atom is 0.264 e. The van der Waals surface area contributed by atoms with Crippen LogP contribution in [0.1, 0.15) is 25.8 Å². The van der Waals surface area contributed by atoms with Crippen LogP contribution in [0.15, 0.2) is 77.7 Å². The number of sulfonamides is 1. The SMILES string of the molecule is CCNC(=O)C(CC)N(Cc1ccc(Cl)cc1Cl)C(=O)CN(c1ccccc1)S(=O)(=O)c1ccc(F)cc1.